The molecular weight excluding hydrogens is 428 g/mol. The average Bonchev–Trinajstić information content (AvgIpc) is 3.48. The maximum absolute atomic E-state index is 13.3. The fourth-order valence-electron chi connectivity index (χ4n) is 2.80. The molecule has 1 aromatic carbocycles. The van der Waals surface area contributed by atoms with E-state index < -0.39 is 10.0 Å². The number of hydrogen-bond acceptors (Lipinski definition) is 7. The number of sulfonamides is 1. The number of nitrogens with zero attached hydrogens (tertiary/aromatic N) is 2. The Morgan fingerprint density at radius 2 is 1.79 bits per heavy atom. The molecule has 4 aromatic rings. The molecule has 0 aliphatic carbocycles. The summed E-state index contributed by atoms with van der Waals surface area (Å²) in [5.74, 6) is 1.74. The zero-order valence-corrected chi connectivity index (χ0v) is 18.2. The number of thiophene rings is 2. The summed E-state index contributed by atoms with van der Waals surface area (Å²) in [6.45, 7) is 1.86. The molecule has 0 unspecified atom stereocenters. The molecule has 0 aliphatic heterocycles. The van der Waals surface area contributed by atoms with Crippen LogP contribution in [-0.4, -0.2) is 20.5 Å². The number of hydrogen-bond donors (Lipinski definition) is 0. The summed E-state index contributed by atoms with van der Waals surface area (Å²) in [5.41, 5.74) is 1.10. The molecule has 3 aromatic heterocycles. The zero-order chi connectivity index (χ0) is 20.4. The first-order valence-electron chi connectivity index (χ1n) is 8.69. The van der Waals surface area contributed by atoms with Crippen LogP contribution in [0, 0.1) is 6.92 Å². The molecule has 0 atom stereocenters. The van der Waals surface area contributed by atoms with Gasteiger partial charge >= 0.3 is 0 Å². The molecule has 6 nitrogen and oxygen atoms in total. The summed E-state index contributed by atoms with van der Waals surface area (Å²) in [4.78, 5) is 5.46. The van der Waals surface area contributed by atoms with E-state index in [0.717, 1.165) is 4.88 Å². The van der Waals surface area contributed by atoms with Crippen LogP contribution in [0.25, 0.3) is 10.8 Å². The van der Waals surface area contributed by atoms with Crippen LogP contribution in [0.3, 0.4) is 0 Å². The van der Waals surface area contributed by atoms with Gasteiger partial charge in [0.05, 0.1) is 24.2 Å². The normalized spacial score (nSPS) is 11.5. The van der Waals surface area contributed by atoms with Crippen LogP contribution >= 0.6 is 22.7 Å². The molecule has 0 bridgehead atoms. The van der Waals surface area contributed by atoms with Gasteiger partial charge in [-0.3, -0.25) is 4.31 Å². The first-order valence-corrected chi connectivity index (χ1v) is 11.9. The van der Waals surface area contributed by atoms with Crippen LogP contribution in [0.1, 0.15) is 11.5 Å². The highest BCUT2D eigenvalue weighted by molar-refractivity contribution is 7.94. The Morgan fingerprint density at radius 3 is 2.41 bits per heavy atom. The zero-order valence-electron chi connectivity index (χ0n) is 15.7. The second kappa shape index (κ2) is 8.02. The minimum absolute atomic E-state index is 0.0628. The number of aromatic nitrogens is 1. The van der Waals surface area contributed by atoms with Crippen molar-refractivity contribution in [2.75, 3.05) is 11.4 Å². The summed E-state index contributed by atoms with van der Waals surface area (Å²) >= 11 is 2.70. The SMILES string of the molecule is COc1ccc(N(Cc2nc(-c3cccs3)oc2C)S(=O)(=O)c2cccs2)cc1. The van der Waals surface area contributed by atoms with Crippen molar-refractivity contribution in [3.05, 3.63) is 70.7 Å². The van der Waals surface area contributed by atoms with Crippen LogP contribution in [0.2, 0.25) is 0 Å². The first kappa shape index (κ1) is 19.7. The molecule has 3 heterocycles. The summed E-state index contributed by atoms with van der Waals surface area (Å²) in [6.07, 6.45) is 0. The third kappa shape index (κ3) is 3.93. The van der Waals surface area contributed by atoms with Crippen molar-refractivity contribution in [2.24, 2.45) is 0 Å². The first-order chi connectivity index (χ1) is 14.0. The highest BCUT2D eigenvalue weighted by Crippen LogP contribution is 2.32. The van der Waals surface area contributed by atoms with Crippen molar-refractivity contribution < 1.29 is 17.6 Å². The third-order valence-corrected chi connectivity index (χ3v) is 8.32. The fourth-order valence-corrected chi connectivity index (χ4v) is 5.98. The van der Waals surface area contributed by atoms with Gasteiger partial charge in [0.25, 0.3) is 10.0 Å². The molecule has 0 spiro atoms. The van der Waals surface area contributed by atoms with Crippen molar-refractivity contribution in [3.8, 4) is 16.5 Å². The monoisotopic (exact) mass is 446 g/mol. The number of methoxy groups -OCH3 is 1. The van der Waals surface area contributed by atoms with E-state index in [1.54, 1.807) is 55.8 Å². The van der Waals surface area contributed by atoms with Crippen LogP contribution in [0.4, 0.5) is 5.69 Å². The van der Waals surface area contributed by atoms with Gasteiger partial charge in [-0.1, -0.05) is 12.1 Å². The van der Waals surface area contributed by atoms with Gasteiger partial charge in [0, 0.05) is 0 Å². The van der Waals surface area contributed by atoms with Crippen molar-refractivity contribution in [2.45, 2.75) is 17.7 Å². The average molecular weight is 447 g/mol. The van der Waals surface area contributed by atoms with Crippen LogP contribution in [0.5, 0.6) is 5.75 Å². The molecule has 0 radical (unpaired) electrons. The van der Waals surface area contributed by atoms with Crippen molar-refractivity contribution in [1.29, 1.82) is 0 Å². The Morgan fingerprint density at radius 1 is 1.07 bits per heavy atom. The second-order valence-corrected chi connectivity index (χ2v) is 10.1. The molecule has 0 N–H and O–H groups in total. The standard InChI is InChI=1S/C20H18N2O4S3/c1-14-17(21-20(26-14)18-5-3-11-27-18)13-22(15-7-9-16(25-2)10-8-15)29(23,24)19-6-4-12-28-19/h3-12H,13H2,1-2H3. The van der Waals surface area contributed by atoms with Gasteiger partial charge in [0.1, 0.15) is 21.4 Å². The Kier molecular flexibility index (Phi) is 5.44. The molecule has 9 heteroatoms. The molecular formula is C20H18N2O4S3. The maximum Gasteiger partial charge on any atom is 0.274 e. The minimum atomic E-state index is -3.76. The Labute approximate surface area is 177 Å². The molecule has 4 rings (SSSR count). The molecule has 0 amide bonds. The maximum atomic E-state index is 13.3. The van der Waals surface area contributed by atoms with Crippen molar-refractivity contribution in [1.82, 2.24) is 4.98 Å². The summed E-state index contributed by atoms with van der Waals surface area (Å²) in [5, 5.41) is 3.69. The molecule has 0 saturated carbocycles. The largest absolute Gasteiger partial charge is 0.497 e. The van der Waals surface area contributed by atoms with E-state index in [1.165, 1.54) is 27.0 Å². The van der Waals surface area contributed by atoms with E-state index in [0.29, 0.717) is 28.8 Å². The predicted octanol–water partition coefficient (Wildman–Crippen LogP) is 5.18. The van der Waals surface area contributed by atoms with E-state index in [-0.39, 0.29) is 10.8 Å². The van der Waals surface area contributed by atoms with E-state index in [1.807, 2.05) is 17.5 Å². The lowest BCUT2D eigenvalue weighted by Gasteiger charge is -2.23. The highest BCUT2D eigenvalue weighted by atomic mass is 32.2. The van der Waals surface area contributed by atoms with Crippen molar-refractivity contribution in [3.63, 3.8) is 0 Å². The number of oxazole rings is 1. The topological polar surface area (TPSA) is 72.6 Å². The van der Waals surface area contributed by atoms with Gasteiger partial charge in [0.2, 0.25) is 5.89 Å². The summed E-state index contributed by atoms with van der Waals surface area (Å²) in [7, 11) is -2.19. The van der Waals surface area contributed by atoms with Crippen LogP contribution in [-0.2, 0) is 16.6 Å². The van der Waals surface area contributed by atoms with Gasteiger partial charge in [-0.2, -0.15) is 0 Å². The van der Waals surface area contributed by atoms with Crippen molar-refractivity contribution >= 4 is 38.4 Å². The van der Waals surface area contributed by atoms with Crippen LogP contribution in [0.15, 0.2) is 67.9 Å². The number of rotatable bonds is 7. The summed E-state index contributed by atoms with van der Waals surface area (Å²) in [6, 6.07) is 14.1. The lowest BCUT2D eigenvalue weighted by Crippen LogP contribution is -2.30. The third-order valence-electron chi connectivity index (χ3n) is 4.32. The van der Waals surface area contributed by atoms with Crippen LogP contribution < -0.4 is 9.04 Å². The number of aryl methyl sites for hydroxylation is 1. The smallest absolute Gasteiger partial charge is 0.274 e. The van der Waals surface area contributed by atoms with Gasteiger partial charge in [0.15, 0.2) is 0 Å². The summed E-state index contributed by atoms with van der Waals surface area (Å²) < 4.78 is 39.3. The fraction of sp³-hybridized carbons (Fsp3) is 0.150. The molecule has 150 valence electrons. The predicted molar refractivity (Wildman–Crippen MR) is 115 cm³/mol. The number of benzene rings is 1. The van der Waals surface area contributed by atoms with Gasteiger partial charge in [-0.15, -0.1) is 22.7 Å². The lowest BCUT2D eigenvalue weighted by atomic mass is 10.3. The molecule has 0 aliphatic rings. The van der Waals surface area contributed by atoms with E-state index in [2.05, 4.69) is 4.98 Å². The second-order valence-electron chi connectivity index (χ2n) is 6.14. The van der Waals surface area contributed by atoms with Gasteiger partial charge in [-0.25, -0.2) is 13.4 Å². The van der Waals surface area contributed by atoms with E-state index >= 15 is 0 Å². The van der Waals surface area contributed by atoms with Gasteiger partial charge in [-0.05, 0) is 54.1 Å². The highest BCUT2D eigenvalue weighted by Gasteiger charge is 2.28. The molecule has 29 heavy (non-hydrogen) atoms. The molecule has 0 fully saturated rings. The van der Waals surface area contributed by atoms with E-state index in [9.17, 15) is 8.42 Å². The quantitative estimate of drug-likeness (QED) is 0.391. The number of ether oxygens (including phenoxy) is 1. The lowest BCUT2D eigenvalue weighted by molar-refractivity contribution is 0.415. The van der Waals surface area contributed by atoms with E-state index in [4.69, 9.17) is 9.15 Å². The molecule has 0 saturated heterocycles. The number of anilines is 1. The Balaban J connectivity index is 1.75. The minimum Gasteiger partial charge on any atom is -0.497 e. The Bertz CT molecular complexity index is 1180. The Hall–Kier alpha value is -2.62. The van der Waals surface area contributed by atoms with Gasteiger partial charge < -0.3 is 9.15 Å².